The summed E-state index contributed by atoms with van der Waals surface area (Å²) >= 11 is 0. The first-order valence-electron chi connectivity index (χ1n) is 11.0. The summed E-state index contributed by atoms with van der Waals surface area (Å²) < 4.78 is 5.47. The molecule has 2 heterocycles. The third-order valence-corrected chi connectivity index (χ3v) is 5.25. The lowest BCUT2D eigenvalue weighted by atomic mass is 10.1. The SMILES string of the molecule is CC(=O)N1C(C)CN(C(=O)OC(C)(C)C)CC1C(=O)NCc1ccc(-c2ncccn2)cc1. The van der Waals surface area contributed by atoms with Crippen LogP contribution in [0.25, 0.3) is 11.4 Å². The second-order valence-corrected chi connectivity index (χ2v) is 9.16. The van der Waals surface area contributed by atoms with Crippen molar-refractivity contribution in [3.05, 3.63) is 48.3 Å². The number of benzene rings is 1. The zero-order chi connectivity index (χ0) is 24.2. The Hall–Kier alpha value is -3.49. The van der Waals surface area contributed by atoms with Crippen molar-refractivity contribution in [1.29, 1.82) is 0 Å². The van der Waals surface area contributed by atoms with Crippen molar-refractivity contribution < 1.29 is 19.1 Å². The summed E-state index contributed by atoms with van der Waals surface area (Å²) in [6, 6.07) is 8.22. The Morgan fingerprint density at radius 2 is 1.73 bits per heavy atom. The predicted octanol–water partition coefficient (Wildman–Crippen LogP) is 2.62. The molecule has 1 fully saturated rings. The van der Waals surface area contributed by atoms with Crippen molar-refractivity contribution in [1.82, 2.24) is 25.1 Å². The molecule has 3 amide bonds. The lowest BCUT2D eigenvalue weighted by molar-refractivity contribution is -0.145. The van der Waals surface area contributed by atoms with Gasteiger partial charge in [0.2, 0.25) is 11.8 Å². The van der Waals surface area contributed by atoms with E-state index in [9.17, 15) is 14.4 Å². The molecule has 1 aromatic carbocycles. The quantitative estimate of drug-likeness (QED) is 0.763. The van der Waals surface area contributed by atoms with Crippen molar-refractivity contribution >= 4 is 17.9 Å². The molecule has 2 unspecified atom stereocenters. The molecule has 33 heavy (non-hydrogen) atoms. The molecule has 1 N–H and O–H groups in total. The molecule has 1 saturated heterocycles. The van der Waals surface area contributed by atoms with E-state index in [0.717, 1.165) is 11.1 Å². The molecule has 1 aliphatic rings. The first kappa shape index (κ1) is 24.2. The molecule has 2 atom stereocenters. The van der Waals surface area contributed by atoms with E-state index < -0.39 is 17.7 Å². The Labute approximate surface area is 194 Å². The molecule has 9 heteroatoms. The minimum atomic E-state index is -0.796. The molecule has 176 valence electrons. The molecule has 0 radical (unpaired) electrons. The van der Waals surface area contributed by atoms with Crippen LogP contribution in [-0.2, 0) is 20.9 Å². The van der Waals surface area contributed by atoms with Crippen molar-refractivity contribution in [2.45, 2.75) is 58.8 Å². The highest BCUT2D eigenvalue weighted by Crippen LogP contribution is 2.20. The van der Waals surface area contributed by atoms with E-state index in [-0.39, 0.29) is 30.9 Å². The Balaban J connectivity index is 1.67. The number of nitrogens with zero attached hydrogens (tertiary/aromatic N) is 4. The minimum absolute atomic E-state index is 0.0783. The van der Waals surface area contributed by atoms with Crippen molar-refractivity contribution in [3.8, 4) is 11.4 Å². The number of rotatable bonds is 4. The zero-order valence-electron chi connectivity index (χ0n) is 19.7. The number of nitrogens with one attached hydrogen (secondary N) is 1. The number of aromatic nitrogens is 2. The Bertz CT molecular complexity index is 988. The summed E-state index contributed by atoms with van der Waals surface area (Å²) in [6.45, 7) is 9.31. The van der Waals surface area contributed by atoms with E-state index in [0.29, 0.717) is 12.4 Å². The van der Waals surface area contributed by atoms with Crippen LogP contribution in [0.3, 0.4) is 0 Å². The highest BCUT2D eigenvalue weighted by molar-refractivity contribution is 5.88. The van der Waals surface area contributed by atoms with Gasteiger partial charge in [-0.3, -0.25) is 9.59 Å². The molecule has 0 saturated carbocycles. The topological polar surface area (TPSA) is 105 Å². The van der Waals surface area contributed by atoms with E-state index in [2.05, 4.69) is 15.3 Å². The standard InChI is InChI=1S/C24H31N5O4/c1-16-14-28(23(32)33-24(3,4)5)15-20(29(16)17(2)30)22(31)27-13-18-7-9-19(10-8-18)21-25-11-6-12-26-21/h6-12,16,20H,13-15H2,1-5H3,(H,27,31). The molecule has 9 nitrogen and oxygen atoms in total. The van der Waals surface area contributed by atoms with Crippen molar-refractivity contribution in [3.63, 3.8) is 0 Å². The average molecular weight is 454 g/mol. The highest BCUT2D eigenvalue weighted by atomic mass is 16.6. The monoisotopic (exact) mass is 453 g/mol. The van der Waals surface area contributed by atoms with Crippen LogP contribution in [0.2, 0.25) is 0 Å². The minimum Gasteiger partial charge on any atom is -0.444 e. The fraction of sp³-hybridized carbons (Fsp3) is 0.458. The van der Waals surface area contributed by atoms with Crippen LogP contribution in [0.15, 0.2) is 42.7 Å². The second kappa shape index (κ2) is 9.97. The van der Waals surface area contributed by atoms with Gasteiger partial charge in [-0.15, -0.1) is 0 Å². The van der Waals surface area contributed by atoms with Crippen LogP contribution in [-0.4, -0.2) is 68.4 Å². The normalized spacial score (nSPS) is 18.6. The smallest absolute Gasteiger partial charge is 0.410 e. The third kappa shape index (κ3) is 6.27. The Morgan fingerprint density at radius 1 is 1.09 bits per heavy atom. The zero-order valence-corrected chi connectivity index (χ0v) is 19.7. The molecule has 2 aromatic rings. The van der Waals surface area contributed by atoms with Gasteiger partial charge in [-0.2, -0.15) is 0 Å². The van der Waals surface area contributed by atoms with E-state index in [1.165, 1.54) is 16.7 Å². The number of carbonyl (C=O) groups is 3. The number of carbonyl (C=O) groups excluding carboxylic acids is 3. The largest absolute Gasteiger partial charge is 0.444 e. The maximum atomic E-state index is 13.1. The second-order valence-electron chi connectivity index (χ2n) is 9.16. The van der Waals surface area contributed by atoms with Crippen molar-refractivity contribution in [2.75, 3.05) is 13.1 Å². The maximum absolute atomic E-state index is 13.1. The van der Waals surface area contributed by atoms with Gasteiger partial charge in [0.15, 0.2) is 5.82 Å². The number of hydrogen-bond acceptors (Lipinski definition) is 6. The number of piperazine rings is 1. The van der Waals surface area contributed by atoms with Gasteiger partial charge in [0.1, 0.15) is 11.6 Å². The van der Waals surface area contributed by atoms with E-state index in [4.69, 9.17) is 4.74 Å². The molecular formula is C24H31N5O4. The van der Waals surface area contributed by atoms with Gasteiger partial charge in [-0.1, -0.05) is 24.3 Å². The van der Waals surface area contributed by atoms with Crippen LogP contribution < -0.4 is 5.32 Å². The van der Waals surface area contributed by atoms with Gasteiger partial charge in [0.05, 0.1) is 6.54 Å². The molecule has 3 rings (SSSR count). The lowest BCUT2D eigenvalue weighted by Crippen LogP contribution is -2.64. The number of amides is 3. The molecule has 0 spiro atoms. The van der Waals surface area contributed by atoms with Gasteiger partial charge < -0.3 is 19.9 Å². The summed E-state index contributed by atoms with van der Waals surface area (Å²) in [5, 5.41) is 2.90. The van der Waals surface area contributed by atoms with Crippen LogP contribution in [0.5, 0.6) is 0 Å². The van der Waals surface area contributed by atoms with Crippen LogP contribution in [0, 0.1) is 0 Å². The Kier molecular flexibility index (Phi) is 7.30. The van der Waals surface area contributed by atoms with E-state index in [1.807, 2.05) is 31.2 Å². The summed E-state index contributed by atoms with van der Waals surface area (Å²) in [4.78, 5) is 49.4. The van der Waals surface area contributed by atoms with Gasteiger partial charge in [0.25, 0.3) is 0 Å². The summed E-state index contributed by atoms with van der Waals surface area (Å²) in [5.74, 6) is 0.100. The molecule has 1 aliphatic heterocycles. The van der Waals surface area contributed by atoms with E-state index >= 15 is 0 Å². The van der Waals surface area contributed by atoms with Gasteiger partial charge in [-0.05, 0) is 39.3 Å². The number of ether oxygens (including phenoxy) is 1. The van der Waals surface area contributed by atoms with Crippen LogP contribution in [0.4, 0.5) is 4.79 Å². The average Bonchev–Trinajstić information content (AvgIpc) is 2.76. The van der Waals surface area contributed by atoms with Crippen LogP contribution >= 0.6 is 0 Å². The fourth-order valence-electron chi connectivity index (χ4n) is 3.83. The predicted molar refractivity (Wildman–Crippen MR) is 123 cm³/mol. The third-order valence-electron chi connectivity index (χ3n) is 5.25. The fourth-order valence-corrected chi connectivity index (χ4v) is 3.83. The molecule has 0 aliphatic carbocycles. The first-order chi connectivity index (χ1) is 15.5. The summed E-state index contributed by atoms with van der Waals surface area (Å²) in [7, 11) is 0. The lowest BCUT2D eigenvalue weighted by Gasteiger charge is -2.44. The van der Waals surface area contributed by atoms with E-state index in [1.54, 1.807) is 39.2 Å². The van der Waals surface area contributed by atoms with Gasteiger partial charge in [-0.25, -0.2) is 14.8 Å². The maximum Gasteiger partial charge on any atom is 0.410 e. The summed E-state index contributed by atoms with van der Waals surface area (Å²) in [5.41, 5.74) is 1.13. The summed E-state index contributed by atoms with van der Waals surface area (Å²) in [6.07, 6.45) is 2.88. The molecule has 1 aromatic heterocycles. The Morgan fingerprint density at radius 3 is 2.30 bits per heavy atom. The van der Waals surface area contributed by atoms with Gasteiger partial charge >= 0.3 is 6.09 Å². The van der Waals surface area contributed by atoms with Crippen molar-refractivity contribution in [2.24, 2.45) is 0 Å². The first-order valence-corrected chi connectivity index (χ1v) is 11.0. The highest BCUT2D eigenvalue weighted by Gasteiger charge is 2.40. The molecule has 0 bridgehead atoms. The van der Waals surface area contributed by atoms with Crippen LogP contribution in [0.1, 0.15) is 40.2 Å². The molecular weight excluding hydrogens is 422 g/mol. The van der Waals surface area contributed by atoms with Gasteiger partial charge in [0, 0.05) is 44.0 Å². The number of hydrogen-bond donors (Lipinski definition) is 1.